The molecule has 144 valence electrons. The second-order valence-electron chi connectivity index (χ2n) is 6.90. The predicted molar refractivity (Wildman–Crippen MR) is 95.3 cm³/mol. The van der Waals surface area contributed by atoms with Crippen LogP contribution in [0, 0.1) is 11.7 Å². The Labute approximate surface area is 153 Å². The normalized spacial score (nSPS) is 22.4. The van der Waals surface area contributed by atoms with Gasteiger partial charge in [0.05, 0.1) is 11.9 Å². The molecule has 1 N–H and O–H groups in total. The molecule has 8 heteroatoms. The third-order valence-electron chi connectivity index (χ3n) is 5.04. The quantitative estimate of drug-likeness (QED) is 0.809. The molecule has 1 atom stereocenters. The highest BCUT2D eigenvalue weighted by Crippen LogP contribution is 2.23. The monoisotopic (exact) mass is 384 g/mol. The van der Waals surface area contributed by atoms with Gasteiger partial charge in [-0.05, 0) is 31.7 Å². The lowest BCUT2D eigenvalue weighted by atomic mass is 9.97. The number of benzene rings is 1. The molecule has 0 spiro atoms. The summed E-state index contributed by atoms with van der Waals surface area (Å²) in [7, 11) is -3.59. The van der Waals surface area contributed by atoms with Crippen LogP contribution in [-0.2, 0) is 25.3 Å². The molecular weight excluding hydrogens is 359 g/mol. The molecule has 1 aromatic carbocycles. The second-order valence-corrected chi connectivity index (χ2v) is 8.87. The van der Waals surface area contributed by atoms with Gasteiger partial charge in [0.2, 0.25) is 15.9 Å². The number of carbonyl (C=O) groups is 1. The molecule has 0 aromatic heterocycles. The van der Waals surface area contributed by atoms with Crippen LogP contribution in [0.25, 0.3) is 0 Å². The number of amides is 1. The molecule has 0 radical (unpaired) electrons. The van der Waals surface area contributed by atoms with Crippen molar-refractivity contribution in [3.8, 4) is 0 Å². The maximum atomic E-state index is 13.7. The molecule has 0 bridgehead atoms. The van der Waals surface area contributed by atoms with Crippen molar-refractivity contribution in [2.45, 2.75) is 37.5 Å². The molecule has 6 nitrogen and oxygen atoms in total. The van der Waals surface area contributed by atoms with E-state index in [2.05, 4.69) is 5.32 Å². The van der Waals surface area contributed by atoms with Crippen LogP contribution < -0.4 is 5.32 Å². The SMILES string of the molecule is O=C(NC[C@@H]1CCCO1)C1CCN(S(=O)(=O)Cc2ccccc2F)CC1. The Morgan fingerprint density at radius 2 is 1.96 bits per heavy atom. The molecule has 0 unspecified atom stereocenters. The van der Waals surface area contributed by atoms with Gasteiger partial charge in [-0.25, -0.2) is 17.1 Å². The summed E-state index contributed by atoms with van der Waals surface area (Å²) in [5.41, 5.74) is 0.170. The zero-order valence-electron chi connectivity index (χ0n) is 14.7. The maximum absolute atomic E-state index is 13.7. The molecule has 2 heterocycles. The molecular formula is C18H25FN2O4S. The van der Waals surface area contributed by atoms with E-state index < -0.39 is 15.8 Å². The van der Waals surface area contributed by atoms with Crippen LogP contribution in [0.3, 0.4) is 0 Å². The van der Waals surface area contributed by atoms with Crippen molar-refractivity contribution in [1.29, 1.82) is 0 Å². The van der Waals surface area contributed by atoms with Crippen molar-refractivity contribution < 1.29 is 22.3 Å². The zero-order valence-corrected chi connectivity index (χ0v) is 15.5. The smallest absolute Gasteiger partial charge is 0.223 e. The summed E-state index contributed by atoms with van der Waals surface area (Å²) in [6.07, 6.45) is 3.05. The van der Waals surface area contributed by atoms with E-state index in [4.69, 9.17) is 4.74 Å². The number of hydrogen-bond donors (Lipinski definition) is 1. The highest BCUT2D eigenvalue weighted by molar-refractivity contribution is 7.88. The van der Waals surface area contributed by atoms with Gasteiger partial charge in [-0.1, -0.05) is 18.2 Å². The first-order valence-corrected chi connectivity index (χ1v) is 10.7. The van der Waals surface area contributed by atoms with Gasteiger partial charge in [-0.15, -0.1) is 0 Å². The molecule has 2 saturated heterocycles. The van der Waals surface area contributed by atoms with Gasteiger partial charge in [0.15, 0.2) is 0 Å². The highest BCUT2D eigenvalue weighted by atomic mass is 32.2. The van der Waals surface area contributed by atoms with Crippen LogP contribution in [0.1, 0.15) is 31.2 Å². The van der Waals surface area contributed by atoms with Crippen molar-refractivity contribution in [2.75, 3.05) is 26.2 Å². The van der Waals surface area contributed by atoms with E-state index in [0.29, 0.717) is 19.4 Å². The molecule has 1 amide bonds. The Balaban J connectivity index is 1.49. The summed E-state index contributed by atoms with van der Waals surface area (Å²) in [6, 6.07) is 5.90. The number of piperidine rings is 1. The van der Waals surface area contributed by atoms with Crippen LogP contribution in [-0.4, -0.2) is 51.0 Å². The fraction of sp³-hybridized carbons (Fsp3) is 0.611. The number of nitrogens with one attached hydrogen (secondary N) is 1. The van der Waals surface area contributed by atoms with E-state index in [-0.39, 0.29) is 42.3 Å². The summed E-state index contributed by atoms with van der Waals surface area (Å²) in [5.74, 6) is -1.09. The van der Waals surface area contributed by atoms with Crippen molar-refractivity contribution >= 4 is 15.9 Å². The first-order chi connectivity index (χ1) is 12.5. The van der Waals surface area contributed by atoms with Gasteiger partial charge in [0, 0.05) is 37.7 Å². The lowest BCUT2D eigenvalue weighted by molar-refractivity contribution is -0.126. The third kappa shape index (κ3) is 4.81. The van der Waals surface area contributed by atoms with E-state index in [0.717, 1.165) is 19.4 Å². The average Bonchev–Trinajstić information content (AvgIpc) is 3.15. The lowest BCUT2D eigenvalue weighted by Crippen LogP contribution is -2.44. The number of rotatable bonds is 6. The predicted octanol–water partition coefficient (Wildman–Crippen LogP) is 1.66. The fourth-order valence-electron chi connectivity index (χ4n) is 3.46. The van der Waals surface area contributed by atoms with E-state index in [1.54, 1.807) is 6.07 Å². The summed E-state index contributed by atoms with van der Waals surface area (Å²) >= 11 is 0. The van der Waals surface area contributed by atoms with Crippen molar-refractivity contribution in [2.24, 2.45) is 5.92 Å². The van der Waals surface area contributed by atoms with Crippen molar-refractivity contribution in [3.05, 3.63) is 35.6 Å². The Kier molecular flexibility index (Phi) is 6.26. The molecule has 2 aliphatic heterocycles. The molecule has 26 heavy (non-hydrogen) atoms. The summed E-state index contributed by atoms with van der Waals surface area (Å²) < 4.78 is 45.6. The lowest BCUT2D eigenvalue weighted by Gasteiger charge is -2.30. The molecule has 2 aliphatic rings. The Morgan fingerprint density at radius 3 is 2.62 bits per heavy atom. The highest BCUT2D eigenvalue weighted by Gasteiger charge is 2.31. The molecule has 2 fully saturated rings. The summed E-state index contributed by atoms with van der Waals surface area (Å²) in [5, 5.41) is 2.91. The number of halogens is 1. The first kappa shape index (κ1) is 19.3. The minimum Gasteiger partial charge on any atom is -0.376 e. The maximum Gasteiger partial charge on any atom is 0.223 e. The molecule has 0 saturated carbocycles. The largest absolute Gasteiger partial charge is 0.376 e. The van der Waals surface area contributed by atoms with E-state index in [1.165, 1.54) is 22.5 Å². The van der Waals surface area contributed by atoms with Crippen molar-refractivity contribution in [1.82, 2.24) is 9.62 Å². The molecule has 3 rings (SSSR count). The van der Waals surface area contributed by atoms with Crippen molar-refractivity contribution in [3.63, 3.8) is 0 Å². The number of nitrogens with zero attached hydrogens (tertiary/aromatic N) is 1. The second kappa shape index (κ2) is 8.45. The van der Waals surface area contributed by atoms with Crippen LogP contribution in [0.2, 0.25) is 0 Å². The Bertz CT molecular complexity index is 726. The van der Waals surface area contributed by atoms with Gasteiger partial charge < -0.3 is 10.1 Å². The summed E-state index contributed by atoms with van der Waals surface area (Å²) in [6.45, 7) is 1.84. The zero-order chi connectivity index (χ0) is 18.6. The minimum atomic E-state index is -3.59. The van der Waals surface area contributed by atoms with Crippen LogP contribution in [0.4, 0.5) is 4.39 Å². The Hall–Kier alpha value is -1.51. The molecule has 0 aliphatic carbocycles. The van der Waals surface area contributed by atoms with E-state index in [1.807, 2.05) is 0 Å². The van der Waals surface area contributed by atoms with Gasteiger partial charge >= 0.3 is 0 Å². The average molecular weight is 384 g/mol. The van der Waals surface area contributed by atoms with Crippen LogP contribution in [0.15, 0.2) is 24.3 Å². The third-order valence-corrected chi connectivity index (χ3v) is 6.87. The van der Waals surface area contributed by atoms with Crippen LogP contribution >= 0.6 is 0 Å². The fourth-order valence-corrected chi connectivity index (χ4v) is 5.04. The van der Waals surface area contributed by atoms with Gasteiger partial charge in [0.25, 0.3) is 0 Å². The molecule has 1 aromatic rings. The minimum absolute atomic E-state index is 0.0355. The van der Waals surface area contributed by atoms with E-state index >= 15 is 0 Å². The van der Waals surface area contributed by atoms with E-state index in [9.17, 15) is 17.6 Å². The van der Waals surface area contributed by atoms with Gasteiger partial charge in [-0.2, -0.15) is 0 Å². The standard InChI is InChI=1S/C18H25FN2O4S/c19-17-6-2-1-4-15(17)13-26(23,24)21-9-7-14(8-10-21)18(22)20-12-16-5-3-11-25-16/h1-2,4,6,14,16H,3,5,7-13H2,(H,20,22)/t16-/m0/s1. The number of ether oxygens (including phenoxy) is 1. The van der Waals surface area contributed by atoms with Crippen LogP contribution in [0.5, 0.6) is 0 Å². The number of sulfonamides is 1. The Morgan fingerprint density at radius 1 is 1.23 bits per heavy atom. The number of carbonyl (C=O) groups excluding carboxylic acids is 1. The topological polar surface area (TPSA) is 75.7 Å². The van der Waals surface area contributed by atoms with Gasteiger partial charge in [-0.3, -0.25) is 4.79 Å². The van der Waals surface area contributed by atoms with Gasteiger partial charge in [0.1, 0.15) is 5.82 Å². The first-order valence-electron chi connectivity index (χ1n) is 9.06. The summed E-state index contributed by atoms with van der Waals surface area (Å²) in [4.78, 5) is 12.3. The number of hydrogen-bond acceptors (Lipinski definition) is 4.